The van der Waals surface area contributed by atoms with Crippen molar-refractivity contribution in [2.75, 3.05) is 23.7 Å². The monoisotopic (exact) mass is 622 g/mol. The van der Waals surface area contributed by atoms with Gasteiger partial charge >= 0.3 is 6.03 Å². The van der Waals surface area contributed by atoms with Gasteiger partial charge in [-0.05, 0) is 48.5 Å². The van der Waals surface area contributed by atoms with Crippen molar-refractivity contribution in [1.29, 1.82) is 5.26 Å². The number of amides is 4. The minimum absolute atomic E-state index is 0.0394. The van der Waals surface area contributed by atoms with Gasteiger partial charge in [0.2, 0.25) is 5.91 Å². The first-order chi connectivity index (χ1) is 19.3. The zero-order valence-electron chi connectivity index (χ0n) is 20.9. The lowest BCUT2D eigenvalue weighted by atomic mass is 10.2. The molecule has 0 radical (unpaired) electrons. The number of nitrogens with one attached hydrogen (secondary N) is 3. The summed E-state index contributed by atoms with van der Waals surface area (Å²) in [4.78, 5) is 41.5. The van der Waals surface area contributed by atoms with Crippen LogP contribution >= 0.6 is 22.9 Å². The van der Waals surface area contributed by atoms with Gasteiger partial charge in [-0.3, -0.25) is 9.59 Å². The maximum atomic E-state index is 13.6. The number of anilines is 2. The average Bonchev–Trinajstić information content (AvgIpc) is 3.51. The number of hydrogen-bond donors (Lipinski definition) is 3. The van der Waals surface area contributed by atoms with Gasteiger partial charge in [0.05, 0.1) is 24.1 Å². The SMILES string of the molecule is N#C[C@@H]1CC(F)(F)CN1C(=O)CNC(=O)c1csc(CS(=O)(=O)c2ccc(NC(=O)Nc3ccc(Cl)cc3)cc2)n1. The average molecular weight is 623 g/mol. The lowest BCUT2D eigenvalue weighted by molar-refractivity contribution is -0.131. The van der Waals surface area contributed by atoms with Crippen molar-refractivity contribution in [2.45, 2.75) is 29.0 Å². The Morgan fingerprint density at radius 3 is 2.32 bits per heavy atom. The Balaban J connectivity index is 1.30. The van der Waals surface area contributed by atoms with E-state index in [2.05, 4.69) is 20.9 Å². The number of hydrogen-bond acceptors (Lipinski definition) is 8. The van der Waals surface area contributed by atoms with Crippen molar-refractivity contribution in [3.8, 4) is 6.07 Å². The molecule has 1 fully saturated rings. The Morgan fingerprint density at radius 2 is 1.71 bits per heavy atom. The Hall–Kier alpha value is -4.13. The van der Waals surface area contributed by atoms with Crippen molar-refractivity contribution >= 4 is 62.0 Å². The summed E-state index contributed by atoms with van der Waals surface area (Å²) < 4.78 is 52.9. The number of sulfone groups is 1. The first kappa shape index (κ1) is 29.8. The number of likely N-dealkylation sites (tertiary alicyclic amines) is 1. The second kappa shape index (κ2) is 12.2. The molecule has 4 amide bonds. The van der Waals surface area contributed by atoms with Crippen LogP contribution < -0.4 is 16.0 Å². The van der Waals surface area contributed by atoms with Crippen LogP contribution in [-0.4, -0.2) is 61.2 Å². The number of nitriles is 1. The molecule has 0 aliphatic carbocycles. The van der Waals surface area contributed by atoms with Gasteiger partial charge in [0.1, 0.15) is 22.5 Å². The van der Waals surface area contributed by atoms with Crippen LogP contribution in [-0.2, 0) is 20.4 Å². The van der Waals surface area contributed by atoms with Gasteiger partial charge in [-0.1, -0.05) is 11.6 Å². The van der Waals surface area contributed by atoms with Gasteiger partial charge < -0.3 is 20.9 Å². The van der Waals surface area contributed by atoms with Crippen molar-refractivity contribution in [3.05, 3.63) is 69.6 Å². The normalized spacial score (nSPS) is 16.0. The number of halogens is 3. The smallest absolute Gasteiger partial charge is 0.323 e. The predicted octanol–water partition coefficient (Wildman–Crippen LogP) is 3.90. The maximum absolute atomic E-state index is 13.6. The summed E-state index contributed by atoms with van der Waals surface area (Å²) in [5.74, 6) is -5.34. The quantitative estimate of drug-likeness (QED) is 0.343. The number of carbonyl (C=O) groups is 3. The highest BCUT2D eigenvalue weighted by molar-refractivity contribution is 7.90. The molecule has 1 aliphatic rings. The van der Waals surface area contributed by atoms with Crippen LogP contribution in [0.2, 0.25) is 5.02 Å². The van der Waals surface area contributed by atoms with Gasteiger partial charge in [0.15, 0.2) is 9.84 Å². The van der Waals surface area contributed by atoms with E-state index < -0.39 is 64.9 Å². The van der Waals surface area contributed by atoms with Gasteiger partial charge in [-0.15, -0.1) is 11.3 Å². The molecule has 3 N–H and O–H groups in total. The second-order valence-electron chi connectivity index (χ2n) is 8.91. The molecular formula is C25H21ClF2N6O5S2. The molecule has 3 aromatic rings. The molecule has 1 aliphatic heterocycles. The van der Waals surface area contributed by atoms with E-state index in [9.17, 15) is 31.6 Å². The number of aromatic nitrogens is 1. The third-order valence-electron chi connectivity index (χ3n) is 5.81. The van der Waals surface area contributed by atoms with Crippen molar-refractivity contribution < 1.29 is 31.6 Å². The third kappa shape index (κ3) is 7.75. The summed E-state index contributed by atoms with van der Waals surface area (Å²) in [5, 5.41) is 18.4. The fourth-order valence-corrected chi connectivity index (χ4v) is 6.37. The molecule has 41 heavy (non-hydrogen) atoms. The number of nitrogens with zero attached hydrogens (tertiary/aromatic N) is 3. The molecule has 0 bridgehead atoms. The summed E-state index contributed by atoms with van der Waals surface area (Å²) in [5.41, 5.74) is 0.706. The van der Waals surface area contributed by atoms with Crippen LogP contribution in [0.5, 0.6) is 0 Å². The second-order valence-corrected chi connectivity index (χ2v) is 12.3. The van der Waals surface area contributed by atoms with Crippen LogP contribution in [0, 0.1) is 11.3 Å². The first-order valence-electron chi connectivity index (χ1n) is 11.8. The molecule has 2 heterocycles. The largest absolute Gasteiger partial charge is 0.342 e. The Kier molecular flexibility index (Phi) is 8.86. The van der Waals surface area contributed by atoms with Crippen LogP contribution in [0.25, 0.3) is 0 Å². The van der Waals surface area contributed by atoms with E-state index >= 15 is 0 Å². The van der Waals surface area contributed by atoms with E-state index in [-0.39, 0.29) is 15.6 Å². The lowest BCUT2D eigenvalue weighted by Crippen LogP contribution is -2.43. The van der Waals surface area contributed by atoms with Gasteiger partial charge in [0.25, 0.3) is 11.8 Å². The molecular weight excluding hydrogens is 602 g/mol. The van der Waals surface area contributed by atoms with E-state index in [0.717, 1.165) is 11.3 Å². The molecule has 4 rings (SSSR count). The summed E-state index contributed by atoms with van der Waals surface area (Å²) >= 11 is 6.73. The molecule has 11 nitrogen and oxygen atoms in total. The summed E-state index contributed by atoms with van der Waals surface area (Å²) in [7, 11) is -3.87. The minimum Gasteiger partial charge on any atom is -0.342 e. The van der Waals surface area contributed by atoms with Crippen LogP contribution in [0.3, 0.4) is 0 Å². The predicted molar refractivity (Wildman–Crippen MR) is 147 cm³/mol. The minimum atomic E-state index is -3.87. The number of alkyl halides is 2. The van der Waals surface area contributed by atoms with Gasteiger partial charge in [0, 0.05) is 28.2 Å². The highest BCUT2D eigenvalue weighted by atomic mass is 35.5. The molecule has 16 heteroatoms. The standard InChI is InChI=1S/C25H21ClF2N6O5S2/c26-15-1-3-16(4-2-15)31-24(37)32-17-5-7-19(8-6-17)41(38,39)13-21-33-20(12-40-21)23(36)30-11-22(35)34-14-25(27,28)9-18(34)10-29/h1-8,12,18H,9,11,13-14H2,(H,30,36)(H2,31,32,37)/t18-/m0/s1. The molecule has 1 saturated heterocycles. The first-order valence-corrected chi connectivity index (χ1v) is 14.7. The van der Waals surface area contributed by atoms with Crippen LogP contribution in [0.4, 0.5) is 25.0 Å². The number of thiazole rings is 1. The van der Waals surface area contributed by atoms with Crippen molar-refractivity contribution in [3.63, 3.8) is 0 Å². The topological polar surface area (TPSA) is 161 Å². The van der Waals surface area contributed by atoms with Gasteiger partial charge in [-0.2, -0.15) is 5.26 Å². The molecule has 2 aromatic carbocycles. The van der Waals surface area contributed by atoms with E-state index in [1.165, 1.54) is 29.6 Å². The lowest BCUT2D eigenvalue weighted by Gasteiger charge is -2.19. The Labute approximate surface area is 242 Å². The molecule has 0 spiro atoms. The Bertz CT molecular complexity index is 1610. The van der Waals surface area contributed by atoms with E-state index in [1.54, 1.807) is 30.3 Å². The fourth-order valence-electron chi connectivity index (χ4n) is 3.84. The number of urea groups is 1. The highest BCUT2D eigenvalue weighted by Gasteiger charge is 2.47. The fraction of sp³-hybridized carbons (Fsp3) is 0.240. The molecule has 1 atom stereocenters. The third-order valence-corrected chi connectivity index (χ3v) is 8.74. The zero-order chi connectivity index (χ0) is 29.8. The molecule has 214 valence electrons. The van der Waals surface area contributed by atoms with Crippen molar-refractivity contribution in [2.24, 2.45) is 0 Å². The van der Waals surface area contributed by atoms with E-state index in [0.29, 0.717) is 21.3 Å². The molecule has 0 saturated carbocycles. The van der Waals surface area contributed by atoms with Gasteiger partial charge in [-0.25, -0.2) is 27.0 Å². The van der Waals surface area contributed by atoms with E-state index in [1.807, 2.05) is 0 Å². The maximum Gasteiger partial charge on any atom is 0.323 e. The van der Waals surface area contributed by atoms with Crippen molar-refractivity contribution in [1.82, 2.24) is 15.2 Å². The molecule has 1 aromatic heterocycles. The molecule has 0 unspecified atom stereocenters. The summed E-state index contributed by atoms with van der Waals surface area (Å²) in [6, 6.07) is 11.7. The zero-order valence-corrected chi connectivity index (χ0v) is 23.3. The number of rotatable bonds is 8. The summed E-state index contributed by atoms with van der Waals surface area (Å²) in [6.45, 7) is -1.54. The van der Waals surface area contributed by atoms with Crippen LogP contribution in [0.1, 0.15) is 21.9 Å². The number of benzene rings is 2. The van der Waals surface area contributed by atoms with Crippen LogP contribution in [0.15, 0.2) is 58.8 Å². The summed E-state index contributed by atoms with van der Waals surface area (Å²) in [6.07, 6.45) is -0.772. The Morgan fingerprint density at radius 1 is 1.10 bits per heavy atom. The van der Waals surface area contributed by atoms with E-state index in [4.69, 9.17) is 16.9 Å². The highest BCUT2D eigenvalue weighted by Crippen LogP contribution is 2.31. The number of carbonyl (C=O) groups excluding carboxylic acids is 3.